The molecular formula is C13H15ClINO2. The molecule has 1 heterocycles. The Kier molecular flexibility index (Phi) is 4.86. The molecule has 2 rings (SSSR count). The van der Waals surface area contributed by atoms with Crippen molar-refractivity contribution in [2.24, 2.45) is 0 Å². The molecule has 1 saturated heterocycles. The van der Waals surface area contributed by atoms with E-state index in [1.807, 2.05) is 13.0 Å². The summed E-state index contributed by atoms with van der Waals surface area (Å²) < 4.78 is 6.41. The number of hydrogen-bond acceptors (Lipinski definition) is 2. The van der Waals surface area contributed by atoms with E-state index in [4.69, 9.17) is 16.3 Å². The van der Waals surface area contributed by atoms with Gasteiger partial charge in [-0.15, -0.1) is 0 Å². The van der Waals surface area contributed by atoms with Gasteiger partial charge in [-0.3, -0.25) is 4.79 Å². The predicted molar refractivity (Wildman–Crippen MR) is 80.1 cm³/mol. The van der Waals surface area contributed by atoms with Gasteiger partial charge in [0.1, 0.15) is 0 Å². The smallest absolute Gasteiger partial charge is 0.251 e. The second-order valence-electron chi connectivity index (χ2n) is 4.51. The van der Waals surface area contributed by atoms with Gasteiger partial charge in [0.15, 0.2) is 0 Å². The minimum absolute atomic E-state index is 0.0626. The number of benzene rings is 1. The summed E-state index contributed by atoms with van der Waals surface area (Å²) in [4.78, 5) is 12.1. The van der Waals surface area contributed by atoms with Gasteiger partial charge in [0.2, 0.25) is 0 Å². The van der Waals surface area contributed by atoms with Crippen LogP contribution in [0.5, 0.6) is 0 Å². The lowest BCUT2D eigenvalue weighted by atomic mass is 10.0. The van der Waals surface area contributed by atoms with Gasteiger partial charge in [0.25, 0.3) is 5.91 Å². The minimum atomic E-state index is -0.0626. The van der Waals surface area contributed by atoms with Crippen molar-refractivity contribution >= 4 is 40.1 Å². The molecule has 1 aliphatic heterocycles. The van der Waals surface area contributed by atoms with Crippen LogP contribution in [0.4, 0.5) is 0 Å². The fraction of sp³-hybridized carbons (Fsp3) is 0.462. The average Bonchev–Trinajstić information content (AvgIpc) is 2.32. The molecule has 1 aliphatic rings. The van der Waals surface area contributed by atoms with Crippen LogP contribution in [0, 0.1) is 3.57 Å². The topological polar surface area (TPSA) is 38.3 Å². The highest BCUT2D eigenvalue weighted by atomic mass is 127. The highest BCUT2D eigenvalue weighted by Gasteiger charge is 2.21. The summed E-state index contributed by atoms with van der Waals surface area (Å²) in [6.45, 7) is 2.74. The van der Waals surface area contributed by atoms with Crippen molar-refractivity contribution in [2.75, 3.05) is 6.61 Å². The molecule has 0 bridgehead atoms. The molecule has 3 nitrogen and oxygen atoms in total. The van der Waals surface area contributed by atoms with Crippen molar-refractivity contribution in [1.29, 1.82) is 0 Å². The van der Waals surface area contributed by atoms with Crippen molar-refractivity contribution in [3.05, 3.63) is 32.4 Å². The summed E-state index contributed by atoms with van der Waals surface area (Å²) in [5.41, 5.74) is 0.611. The van der Waals surface area contributed by atoms with Crippen molar-refractivity contribution < 1.29 is 9.53 Å². The molecule has 1 fully saturated rings. The van der Waals surface area contributed by atoms with Crippen molar-refractivity contribution in [3.8, 4) is 0 Å². The zero-order chi connectivity index (χ0) is 13.1. The Morgan fingerprint density at radius 1 is 1.56 bits per heavy atom. The maximum atomic E-state index is 12.1. The molecule has 1 N–H and O–H groups in total. The summed E-state index contributed by atoms with van der Waals surface area (Å²) in [5, 5.41) is 3.65. The summed E-state index contributed by atoms with van der Waals surface area (Å²) in [5.74, 6) is -0.0626. The van der Waals surface area contributed by atoms with Gasteiger partial charge in [0.05, 0.1) is 11.1 Å². The van der Waals surface area contributed by atoms with Gasteiger partial charge in [-0.25, -0.2) is 0 Å². The number of rotatable bonds is 2. The van der Waals surface area contributed by atoms with Crippen molar-refractivity contribution in [2.45, 2.75) is 31.9 Å². The quantitative estimate of drug-likeness (QED) is 0.801. The average molecular weight is 380 g/mol. The first kappa shape index (κ1) is 14.1. The zero-order valence-corrected chi connectivity index (χ0v) is 13.0. The molecule has 1 aromatic carbocycles. The molecule has 1 amide bonds. The number of ether oxygens (including phenoxy) is 1. The second kappa shape index (κ2) is 6.21. The van der Waals surface area contributed by atoms with Gasteiger partial charge in [-0.2, -0.15) is 0 Å². The standard InChI is InChI=1S/C13H15ClINO2/c1-8-6-10(4-5-18-8)16-13(17)9-2-3-12(15)11(14)7-9/h2-3,7-8,10H,4-6H2,1H3,(H,16,17). The summed E-state index contributed by atoms with van der Waals surface area (Å²) in [6.07, 6.45) is 1.95. The maximum Gasteiger partial charge on any atom is 0.251 e. The lowest BCUT2D eigenvalue weighted by molar-refractivity contribution is 0.0136. The Bertz CT molecular complexity index is 453. The van der Waals surface area contributed by atoms with Crippen LogP contribution in [-0.4, -0.2) is 24.7 Å². The van der Waals surface area contributed by atoms with E-state index in [9.17, 15) is 4.79 Å². The first-order chi connectivity index (χ1) is 8.56. The van der Waals surface area contributed by atoms with Gasteiger partial charge in [-0.1, -0.05) is 11.6 Å². The maximum absolute atomic E-state index is 12.1. The van der Waals surface area contributed by atoms with Gasteiger partial charge in [0, 0.05) is 21.8 Å². The third kappa shape index (κ3) is 3.59. The largest absolute Gasteiger partial charge is 0.378 e. The summed E-state index contributed by atoms with van der Waals surface area (Å²) in [6, 6.07) is 5.55. The Morgan fingerprint density at radius 2 is 2.33 bits per heavy atom. The van der Waals surface area contributed by atoms with E-state index in [0.717, 1.165) is 16.4 Å². The number of carbonyl (C=O) groups is 1. The molecule has 0 spiro atoms. The molecule has 2 unspecified atom stereocenters. The van der Waals surface area contributed by atoms with Gasteiger partial charge >= 0.3 is 0 Å². The van der Waals surface area contributed by atoms with E-state index in [1.54, 1.807) is 12.1 Å². The Hall–Kier alpha value is -0.330. The molecular weight excluding hydrogens is 365 g/mol. The predicted octanol–water partition coefficient (Wildman–Crippen LogP) is 3.24. The minimum Gasteiger partial charge on any atom is -0.378 e. The molecule has 0 aliphatic carbocycles. The highest BCUT2D eigenvalue weighted by molar-refractivity contribution is 14.1. The first-order valence-electron chi connectivity index (χ1n) is 5.94. The van der Waals surface area contributed by atoms with E-state index >= 15 is 0 Å². The molecule has 1 aromatic rings. The Balaban J connectivity index is 2.00. The van der Waals surface area contributed by atoms with Crippen LogP contribution in [-0.2, 0) is 4.74 Å². The SMILES string of the molecule is CC1CC(NC(=O)c2ccc(I)c(Cl)c2)CCO1. The van der Waals surface area contributed by atoms with E-state index in [-0.39, 0.29) is 18.1 Å². The van der Waals surface area contributed by atoms with Gasteiger partial charge in [-0.05, 0) is 60.6 Å². The molecule has 18 heavy (non-hydrogen) atoms. The number of hydrogen-bond donors (Lipinski definition) is 1. The van der Waals surface area contributed by atoms with E-state index in [1.165, 1.54) is 0 Å². The van der Waals surface area contributed by atoms with Crippen LogP contribution in [0.3, 0.4) is 0 Å². The summed E-state index contributed by atoms with van der Waals surface area (Å²) in [7, 11) is 0. The number of halogens is 2. The third-order valence-electron chi connectivity index (χ3n) is 3.00. The van der Waals surface area contributed by atoms with Crippen molar-refractivity contribution in [1.82, 2.24) is 5.32 Å². The van der Waals surface area contributed by atoms with E-state index in [0.29, 0.717) is 17.2 Å². The summed E-state index contributed by atoms with van der Waals surface area (Å²) >= 11 is 8.16. The fourth-order valence-corrected chi connectivity index (χ4v) is 2.55. The van der Waals surface area contributed by atoms with Crippen LogP contribution in [0.25, 0.3) is 0 Å². The van der Waals surface area contributed by atoms with Crippen LogP contribution in [0.2, 0.25) is 5.02 Å². The highest BCUT2D eigenvalue weighted by Crippen LogP contribution is 2.20. The van der Waals surface area contributed by atoms with Crippen molar-refractivity contribution in [3.63, 3.8) is 0 Å². The molecule has 0 saturated carbocycles. The molecule has 5 heteroatoms. The molecule has 98 valence electrons. The monoisotopic (exact) mass is 379 g/mol. The normalized spacial score (nSPS) is 23.7. The van der Waals surface area contributed by atoms with Crippen LogP contribution in [0.1, 0.15) is 30.1 Å². The number of amides is 1. The molecule has 0 aromatic heterocycles. The van der Waals surface area contributed by atoms with Crippen LogP contribution in [0.15, 0.2) is 18.2 Å². The van der Waals surface area contributed by atoms with E-state index in [2.05, 4.69) is 27.9 Å². The first-order valence-corrected chi connectivity index (χ1v) is 7.39. The molecule has 0 radical (unpaired) electrons. The lowest BCUT2D eigenvalue weighted by Gasteiger charge is -2.27. The van der Waals surface area contributed by atoms with Gasteiger partial charge < -0.3 is 10.1 Å². The second-order valence-corrected chi connectivity index (χ2v) is 6.07. The molecule has 2 atom stereocenters. The Labute approximate surface area is 125 Å². The third-order valence-corrected chi connectivity index (χ3v) is 4.57. The van der Waals surface area contributed by atoms with Crippen LogP contribution >= 0.6 is 34.2 Å². The zero-order valence-electron chi connectivity index (χ0n) is 10.1. The van der Waals surface area contributed by atoms with E-state index < -0.39 is 0 Å². The lowest BCUT2D eigenvalue weighted by Crippen LogP contribution is -2.41. The number of carbonyl (C=O) groups excluding carboxylic acids is 1. The van der Waals surface area contributed by atoms with Crippen LogP contribution < -0.4 is 5.32 Å². The Morgan fingerprint density at radius 3 is 3.00 bits per heavy atom. The fourth-order valence-electron chi connectivity index (χ4n) is 2.04. The number of nitrogens with one attached hydrogen (secondary N) is 1.